The number of benzene rings is 1. The normalized spacial score (nSPS) is 15.2. The molecule has 1 aliphatic rings. The van der Waals surface area contributed by atoms with E-state index >= 15 is 0 Å². The van der Waals surface area contributed by atoms with Gasteiger partial charge in [-0.15, -0.1) is 0 Å². The first kappa shape index (κ1) is 14.2. The van der Waals surface area contributed by atoms with Crippen LogP contribution >= 0.6 is 11.6 Å². The molecule has 0 amide bonds. The fraction of sp³-hybridized carbons (Fsp3) is 0.400. The third-order valence-electron chi connectivity index (χ3n) is 3.77. The highest BCUT2D eigenvalue weighted by Gasteiger charge is 2.28. The number of furan rings is 1. The fourth-order valence-electron chi connectivity index (χ4n) is 2.80. The molecule has 0 spiro atoms. The second kappa shape index (κ2) is 5.24. The van der Waals surface area contributed by atoms with Crippen molar-refractivity contribution in [3.63, 3.8) is 0 Å². The van der Waals surface area contributed by atoms with Gasteiger partial charge in [0.25, 0.3) is 0 Å². The molecule has 3 rings (SSSR count). The minimum atomic E-state index is -0.458. The van der Waals surface area contributed by atoms with E-state index in [9.17, 15) is 4.79 Å². The Labute approximate surface area is 127 Å². The zero-order valence-corrected chi connectivity index (χ0v) is 12.8. The van der Waals surface area contributed by atoms with Crippen molar-refractivity contribution in [3.8, 4) is 0 Å². The van der Waals surface area contributed by atoms with Crippen molar-refractivity contribution in [3.05, 3.63) is 28.0 Å². The summed E-state index contributed by atoms with van der Waals surface area (Å²) in [6, 6.07) is 1.69. The van der Waals surface area contributed by atoms with Gasteiger partial charge in [0.1, 0.15) is 0 Å². The lowest BCUT2D eigenvalue weighted by Crippen LogP contribution is -2.20. The van der Waals surface area contributed by atoms with E-state index in [1.54, 1.807) is 13.0 Å². The van der Waals surface area contributed by atoms with Crippen molar-refractivity contribution in [1.29, 1.82) is 0 Å². The minimum absolute atomic E-state index is 0.232. The summed E-state index contributed by atoms with van der Waals surface area (Å²) in [6.07, 6.45) is 0.793. The summed E-state index contributed by atoms with van der Waals surface area (Å²) >= 11 is 6.33. The zero-order valence-electron chi connectivity index (χ0n) is 12.0. The van der Waals surface area contributed by atoms with E-state index < -0.39 is 5.97 Å². The SMILES string of the molecule is CCOC(=O)c1oc2c(N)cc(Cl)c3c2c1CN(C)CC3. The van der Waals surface area contributed by atoms with E-state index in [2.05, 4.69) is 4.90 Å². The van der Waals surface area contributed by atoms with Gasteiger partial charge in [-0.3, -0.25) is 0 Å². The second-order valence-electron chi connectivity index (χ2n) is 5.25. The Bertz CT molecular complexity index is 724. The number of rotatable bonds is 2. The third kappa shape index (κ3) is 2.26. The van der Waals surface area contributed by atoms with Gasteiger partial charge in [-0.1, -0.05) is 11.6 Å². The summed E-state index contributed by atoms with van der Waals surface area (Å²) in [6.45, 7) is 3.53. The first-order valence-corrected chi connectivity index (χ1v) is 7.28. The number of anilines is 1. The average molecular weight is 309 g/mol. The Morgan fingerprint density at radius 1 is 1.52 bits per heavy atom. The molecule has 0 atom stereocenters. The minimum Gasteiger partial charge on any atom is -0.460 e. The van der Waals surface area contributed by atoms with Crippen molar-refractivity contribution >= 4 is 34.2 Å². The van der Waals surface area contributed by atoms with Gasteiger partial charge in [-0.25, -0.2) is 4.79 Å². The molecule has 2 aromatic rings. The van der Waals surface area contributed by atoms with Gasteiger partial charge < -0.3 is 19.8 Å². The first-order chi connectivity index (χ1) is 10.0. The molecule has 0 saturated carbocycles. The smallest absolute Gasteiger partial charge is 0.374 e. The number of nitrogens with two attached hydrogens (primary N) is 1. The van der Waals surface area contributed by atoms with Crippen molar-refractivity contribution < 1.29 is 13.9 Å². The number of nitrogen functional groups attached to an aromatic ring is 1. The largest absolute Gasteiger partial charge is 0.460 e. The summed E-state index contributed by atoms with van der Waals surface area (Å²) in [4.78, 5) is 14.3. The van der Waals surface area contributed by atoms with E-state index in [0.29, 0.717) is 29.4 Å². The third-order valence-corrected chi connectivity index (χ3v) is 4.11. The van der Waals surface area contributed by atoms with Crippen LogP contribution in [0.5, 0.6) is 0 Å². The lowest BCUT2D eigenvalue weighted by atomic mass is 10.0. The van der Waals surface area contributed by atoms with Crippen LogP contribution in [-0.2, 0) is 17.7 Å². The van der Waals surface area contributed by atoms with E-state index in [-0.39, 0.29) is 5.76 Å². The number of nitrogens with zero attached hydrogens (tertiary/aromatic N) is 1. The molecule has 0 unspecified atom stereocenters. The molecule has 6 heteroatoms. The summed E-state index contributed by atoms with van der Waals surface area (Å²) < 4.78 is 10.8. The van der Waals surface area contributed by atoms with Gasteiger partial charge in [0.05, 0.1) is 12.3 Å². The molecule has 0 bridgehead atoms. The molecule has 0 fully saturated rings. The molecular weight excluding hydrogens is 292 g/mol. The maximum atomic E-state index is 12.1. The van der Waals surface area contributed by atoms with Crippen LogP contribution in [0.1, 0.15) is 28.6 Å². The Kier molecular flexibility index (Phi) is 3.55. The van der Waals surface area contributed by atoms with E-state index in [1.807, 2.05) is 7.05 Å². The topological polar surface area (TPSA) is 68.7 Å². The molecule has 2 heterocycles. The van der Waals surface area contributed by atoms with Gasteiger partial charge in [0.15, 0.2) is 5.58 Å². The van der Waals surface area contributed by atoms with Gasteiger partial charge in [0, 0.05) is 29.1 Å². The van der Waals surface area contributed by atoms with Crippen molar-refractivity contribution in [2.45, 2.75) is 19.9 Å². The molecule has 1 aromatic heterocycles. The standard InChI is InChI=1S/C15H17ClN2O3/c1-3-20-15(19)13-9-7-18(2)5-4-8-10(16)6-11(17)14(21-13)12(8)9/h6H,3-5,7,17H2,1-2H3. The van der Waals surface area contributed by atoms with Crippen LogP contribution in [0.3, 0.4) is 0 Å². The molecule has 5 nitrogen and oxygen atoms in total. The summed E-state index contributed by atoms with van der Waals surface area (Å²) in [7, 11) is 2.00. The molecule has 0 radical (unpaired) electrons. The number of esters is 1. The molecule has 21 heavy (non-hydrogen) atoms. The highest BCUT2D eigenvalue weighted by atomic mass is 35.5. The number of carbonyl (C=O) groups excluding carboxylic acids is 1. The lowest BCUT2D eigenvalue weighted by Gasteiger charge is -2.13. The summed E-state index contributed by atoms with van der Waals surface area (Å²) in [5.74, 6) is -0.226. The van der Waals surface area contributed by atoms with Crippen LogP contribution in [0, 0.1) is 0 Å². The van der Waals surface area contributed by atoms with Gasteiger partial charge >= 0.3 is 5.97 Å². The Morgan fingerprint density at radius 3 is 3.00 bits per heavy atom. The maximum Gasteiger partial charge on any atom is 0.374 e. The zero-order chi connectivity index (χ0) is 15.1. The summed E-state index contributed by atoms with van der Waals surface area (Å²) in [5, 5.41) is 1.49. The van der Waals surface area contributed by atoms with Crippen molar-refractivity contribution in [2.75, 3.05) is 25.9 Å². The number of likely N-dealkylation sites (N-methyl/N-ethyl adjacent to an activating group) is 1. The number of ether oxygens (including phenoxy) is 1. The maximum absolute atomic E-state index is 12.1. The highest BCUT2D eigenvalue weighted by Crippen LogP contribution is 2.39. The highest BCUT2D eigenvalue weighted by molar-refractivity contribution is 6.33. The second-order valence-corrected chi connectivity index (χ2v) is 5.66. The Balaban J connectivity index is 2.31. The summed E-state index contributed by atoms with van der Waals surface area (Å²) in [5.41, 5.74) is 8.78. The molecular formula is C15H17ClN2O3. The first-order valence-electron chi connectivity index (χ1n) is 6.90. The lowest BCUT2D eigenvalue weighted by molar-refractivity contribution is 0.0490. The Morgan fingerprint density at radius 2 is 2.29 bits per heavy atom. The molecule has 2 N–H and O–H groups in total. The van der Waals surface area contributed by atoms with Crippen LogP contribution in [0.2, 0.25) is 5.02 Å². The van der Waals surface area contributed by atoms with Crippen LogP contribution in [0.15, 0.2) is 10.5 Å². The van der Waals surface area contributed by atoms with Crippen LogP contribution in [0.25, 0.3) is 11.0 Å². The number of hydrogen-bond acceptors (Lipinski definition) is 5. The fourth-order valence-corrected chi connectivity index (χ4v) is 3.11. The molecule has 0 saturated heterocycles. The predicted octanol–water partition coefficient (Wildman–Crippen LogP) is 2.83. The molecule has 1 aromatic carbocycles. The average Bonchev–Trinajstić information content (AvgIpc) is 2.70. The number of carbonyl (C=O) groups is 1. The van der Waals surface area contributed by atoms with Gasteiger partial charge in [-0.2, -0.15) is 0 Å². The number of halogens is 1. The quantitative estimate of drug-likeness (QED) is 0.682. The van der Waals surface area contributed by atoms with Crippen LogP contribution < -0.4 is 5.73 Å². The van der Waals surface area contributed by atoms with E-state index in [1.165, 1.54) is 0 Å². The molecule has 1 aliphatic heterocycles. The molecule has 112 valence electrons. The Hall–Kier alpha value is -1.72. The van der Waals surface area contributed by atoms with E-state index in [4.69, 9.17) is 26.5 Å². The van der Waals surface area contributed by atoms with Gasteiger partial charge in [0.2, 0.25) is 5.76 Å². The van der Waals surface area contributed by atoms with Crippen molar-refractivity contribution in [2.24, 2.45) is 0 Å². The number of hydrogen-bond donors (Lipinski definition) is 1. The van der Waals surface area contributed by atoms with Crippen LogP contribution in [0.4, 0.5) is 5.69 Å². The van der Waals surface area contributed by atoms with Gasteiger partial charge in [-0.05, 0) is 32.0 Å². The monoisotopic (exact) mass is 308 g/mol. The van der Waals surface area contributed by atoms with E-state index in [0.717, 1.165) is 29.5 Å². The predicted molar refractivity (Wildman–Crippen MR) is 81.6 cm³/mol. The van der Waals surface area contributed by atoms with Crippen LogP contribution in [-0.4, -0.2) is 31.1 Å². The molecule has 0 aliphatic carbocycles. The van der Waals surface area contributed by atoms with Crippen molar-refractivity contribution in [1.82, 2.24) is 4.90 Å².